The molecule has 86 valence electrons. The quantitative estimate of drug-likeness (QED) is 0.771. The summed E-state index contributed by atoms with van der Waals surface area (Å²) in [7, 11) is 2.02. The van der Waals surface area contributed by atoms with E-state index in [0.29, 0.717) is 0 Å². The van der Waals surface area contributed by atoms with Gasteiger partial charge < -0.3 is 9.42 Å². The van der Waals surface area contributed by atoms with Gasteiger partial charge in [0, 0.05) is 13.6 Å². The third-order valence-electron chi connectivity index (χ3n) is 2.51. The Bertz CT molecular complexity index is 428. The van der Waals surface area contributed by atoms with Gasteiger partial charge in [0.1, 0.15) is 24.0 Å². The highest BCUT2D eigenvalue weighted by Crippen LogP contribution is 2.22. The van der Waals surface area contributed by atoms with Crippen molar-refractivity contribution >= 4 is 5.69 Å². The molecule has 0 aliphatic heterocycles. The van der Waals surface area contributed by atoms with Gasteiger partial charge in [-0.2, -0.15) is 5.10 Å². The monoisotopic (exact) mass is 221 g/mol. The first-order chi connectivity index (χ1) is 7.68. The molecule has 0 aromatic carbocycles. The number of nitrogens with zero attached hydrogens (tertiary/aromatic N) is 5. The minimum atomic E-state index is 0.792. The second-order valence-electron chi connectivity index (χ2n) is 3.75. The predicted octanol–water partition coefficient (Wildman–Crippen LogP) is 1.02. The summed E-state index contributed by atoms with van der Waals surface area (Å²) in [6.45, 7) is 5.49. The summed E-state index contributed by atoms with van der Waals surface area (Å²) >= 11 is 0. The van der Waals surface area contributed by atoms with Crippen molar-refractivity contribution in [1.29, 1.82) is 0 Å². The maximum Gasteiger partial charge on any atom is 0.157 e. The van der Waals surface area contributed by atoms with E-state index in [2.05, 4.69) is 20.1 Å². The lowest BCUT2D eigenvalue weighted by Crippen LogP contribution is -2.23. The Kier molecular flexibility index (Phi) is 2.89. The molecule has 2 aromatic rings. The molecule has 2 aromatic heterocycles. The van der Waals surface area contributed by atoms with Crippen LogP contribution in [0.25, 0.3) is 0 Å². The lowest BCUT2D eigenvalue weighted by atomic mass is 10.3. The van der Waals surface area contributed by atoms with Crippen LogP contribution in [0.2, 0.25) is 0 Å². The first-order valence-electron chi connectivity index (χ1n) is 5.15. The second-order valence-corrected chi connectivity index (χ2v) is 3.75. The first kappa shape index (κ1) is 10.7. The smallest absolute Gasteiger partial charge is 0.157 e. The van der Waals surface area contributed by atoms with Gasteiger partial charge in [-0.05, 0) is 13.8 Å². The second kappa shape index (κ2) is 4.34. The van der Waals surface area contributed by atoms with E-state index in [9.17, 15) is 0 Å². The van der Waals surface area contributed by atoms with E-state index in [0.717, 1.165) is 30.2 Å². The van der Waals surface area contributed by atoms with E-state index >= 15 is 0 Å². The van der Waals surface area contributed by atoms with E-state index in [-0.39, 0.29) is 0 Å². The van der Waals surface area contributed by atoms with Gasteiger partial charge >= 0.3 is 0 Å². The van der Waals surface area contributed by atoms with Gasteiger partial charge in [-0.25, -0.2) is 4.98 Å². The Morgan fingerprint density at radius 2 is 2.25 bits per heavy atom. The average Bonchev–Trinajstić information content (AvgIpc) is 2.86. The van der Waals surface area contributed by atoms with Crippen LogP contribution in [-0.4, -0.2) is 33.5 Å². The molecule has 0 fully saturated rings. The fraction of sp³-hybridized carbons (Fsp3) is 0.500. The number of hydrogen-bond donors (Lipinski definition) is 0. The Hall–Kier alpha value is -1.85. The minimum absolute atomic E-state index is 0.792. The minimum Gasteiger partial charge on any atom is -0.368 e. The molecule has 0 aliphatic carbocycles. The number of aromatic nitrogens is 4. The third kappa shape index (κ3) is 2.05. The predicted molar refractivity (Wildman–Crippen MR) is 59.3 cm³/mol. The maximum absolute atomic E-state index is 5.13. The van der Waals surface area contributed by atoms with E-state index in [1.165, 1.54) is 6.33 Å². The molecule has 6 nitrogen and oxygen atoms in total. The van der Waals surface area contributed by atoms with Crippen LogP contribution in [0.3, 0.4) is 0 Å². The molecule has 16 heavy (non-hydrogen) atoms. The van der Waals surface area contributed by atoms with Gasteiger partial charge in [0.05, 0.1) is 6.54 Å². The summed E-state index contributed by atoms with van der Waals surface area (Å²) in [6, 6.07) is 0. The number of anilines is 1. The highest BCUT2D eigenvalue weighted by atomic mass is 16.5. The van der Waals surface area contributed by atoms with Crippen molar-refractivity contribution in [2.45, 2.75) is 20.4 Å². The van der Waals surface area contributed by atoms with Crippen LogP contribution in [0, 0.1) is 13.8 Å². The lowest BCUT2D eigenvalue weighted by molar-refractivity contribution is 0.393. The normalized spacial score (nSPS) is 10.7. The average molecular weight is 221 g/mol. The van der Waals surface area contributed by atoms with Crippen LogP contribution in [0.4, 0.5) is 5.69 Å². The summed E-state index contributed by atoms with van der Waals surface area (Å²) in [4.78, 5) is 6.01. The summed E-state index contributed by atoms with van der Waals surface area (Å²) in [6.07, 6.45) is 3.25. The van der Waals surface area contributed by atoms with Crippen LogP contribution in [-0.2, 0) is 6.54 Å². The van der Waals surface area contributed by atoms with E-state index in [1.807, 2.05) is 20.9 Å². The Morgan fingerprint density at radius 3 is 2.81 bits per heavy atom. The van der Waals surface area contributed by atoms with Crippen molar-refractivity contribution in [1.82, 2.24) is 19.9 Å². The highest BCUT2D eigenvalue weighted by molar-refractivity contribution is 5.51. The van der Waals surface area contributed by atoms with Crippen molar-refractivity contribution < 1.29 is 4.52 Å². The fourth-order valence-corrected chi connectivity index (χ4v) is 1.74. The number of rotatable bonds is 4. The first-order valence-corrected chi connectivity index (χ1v) is 5.15. The largest absolute Gasteiger partial charge is 0.368 e. The van der Waals surface area contributed by atoms with Gasteiger partial charge in [-0.1, -0.05) is 5.16 Å². The Labute approximate surface area is 93.9 Å². The van der Waals surface area contributed by atoms with Gasteiger partial charge in [0.2, 0.25) is 0 Å². The molecule has 0 N–H and O–H groups in total. The van der Waals surface area contributed by atoms with Crippen LogP contribution < -0.4 is 4.90 Å². The molecule has 0 unspecified atom stereocenters. The number of hydrogen-bond acceptors (Lipinski definition) is 5. The van der Waals surface area contributed by atoms with Gasteiger partial charge in [0.15, 0.2) is 5.76 Å². The number of likely N-dealkylation sites (N-methyl/N-ethyl adjacent to an activating group) is 1. The van der Waals surface area contributed by atoms with Crippen molar-refractivity contribution in [2.75, 3.05) is 18.5 Å². The van der Waals surface area contributed by atoms with Crippen LogP contribution in [0.1, 0.15) is 11.5 Å². The lowest BCUT2D eigenvalue weighted by Gasteiger charge is -2.18. The zero-order chi connectivity index (χ0) is 11.5. The molecule has 2 rings (SSSR count). The standard InChI is InChI=1S/C10H15N5O/c1-8-10(9(2)16-13-8)14(3)4-5-15-7-11-6-12-15/h6-7H,4-5H2,1-3H3. The molecule has 0 radical (unpaired) electrons. The van der Waals surface area contributed by atoms with E-state index < -0.39 is 0 Å². The molecule has 0 amide bonds. The van der Waals surface area contributed by atoms with Crippen LogP contribution in [0.15, 0.2) is 17.2 Å². The fourth-order valence-electron chi connectivity index (χ4n) is 1.74. The maximum atomic E-state index is 5.13. The topological polar surface area (TPSA) is 60.0 Å². The van der Waals surface area contributed by atoms with Crippen molar-refractivity contribution in [3.8, 4) is 0 Å². The molecule has 0 aliphatic rings. The third-order valence-corrected chi connectivity index (χ3v) is 2.51. The zero-order valence-electron chi connectivity index (χ0n) is 9.71. The van der Waals surface area contributed by atoms with Crippen molar-refractivity contribution in [3.63, 3.8) is 0 Å². The van der Waals surface area contributed by atoms with Crippen molar-refractivity contribution in [3.05, 3.63) is 24.1 Å². The Morgan fingerprint density at radius 1 is 1.44 bits per heavy atom. The molecule has 0 bridgehead atoms. The molecular weight excluding hydrogens is 206 g/mol. The van der Waals surface area contributed by atoms with Crippen molar-refractivity contribution in [2.24, 2.45) is 0 Å². The number of aryl methyl sites for hydroxylation is 2. The summed E-state index contributed by atoms with van der Waals surface area (Å²) < 4.78 is 6.93. The van der Waals surface area contributed by atoms with Crippen LogP contribution >= 0.6 is 0 Å². The molecular formula is C10H15N5O. The van der Waals surface area contributed by atoms with Crippen LogP contribution in [0.5, 0.6) is 0 Å². The summed E-state index contributed by atoms with van der Waals surface area (Å²) in [5.41, 5.74) is 1.97. The SMILES string of the molecule is Cc1noc(C)c1N(C)CCn1cncn1. The van der Waals surface area contributed by atoms with Gasteiger partial charge in [0.25, 0.3) is 0 Å². The Balaban J connectivity index is 2.01. The van der Waals surface area contributed by atoms with E-state index in [4.69, 9.17) is 4.52 Å². The molecule has 2 heterocycles. The zero-order valence-corrected chi connectivity index (χ0v) is 9.71. The molecule has 6 heteroatoms. The summed E-state index contributed by atoms with van der Waals surface area (Å²) in [5.74, 6) is 0.846. The van der Waals surface area contributed by atoms with E-state index in [1.54, 1.807) is 11.0 Å². The molecule has 0 saturated carbocycles. The summed E-state index contributed by atoms with van der Waals surface area (Å²) in [5, 5.41) is 7.98. The molecule has 0 saturated heterocycles. The molecule has 0 atom stereocenters. The molecule has 0 spiro atoms. The van der Waals surface area contributed by atoms with Gasteiger partial charge in [-0.15, -0.1) is 0 Å². The van der Waals surface area contributed by atoms with Gasteiger partial charge in [-0.3, -0.25) is 4.68 Å². The highest BCUT2D eigenvalue weighted by Gasteiger charge is 2.13.